The first kappa shape index (κ1) is 9.05. The Morgan fingerprint density at radius 1 is 1.36 bits per heavy atom. The Morgan fingerprint density at radius 3 is 2.64 bits per heavy atom. The fourth-order valence-corrected chi connectivity index (χ4v) is 2.30. The summed E-state index contributed by atoms with van der Waals surface area (Å²) in [7, 11) is 0. The van der Waals surface area contributed by atoms with Crippen molar-refractivity contribution in [2.45, 2.75) is 39.5 Å². The Labute approximate surface area is 70.4 Å². The van der Waals surface area contributed by atoms with Crippen LogP contribution < -0.4 is 5.73 Å². The zero-order valence-corrected chi connectivity index (χ0v) is 7.84. The lowest BCUT2D eigenvalue weighted by Crippen LogP contribution is -2.27. The van der Waals surface area contributed by atoms with Crippen molar-refractivity contribution >= 4 is 0 Å². The Balaban J connectivity index is 2.37. The van der Waals surface area contributed by atoms with Gasteiger partial charge in [0.25, 0.3) is 0 Å². The van der Waals surface area contributed by atoms with E-state index in [1.54, 1.807) is 0 Å². The minimum Gasteiger partial charge on any atom is -0.330 e. The van der Waals surface area contributed by atoms with Crippen LogP contribution in [0.5, 0.6) is 0 Å². The average molecular weight is 155 g/mol. The van der Waals surface area contributed by atoms with Crippen LogP contribution in [-0.2, 0) is 0 Å². The van der Waals surface area contributed by atoms with E-state index in [4.69, 9.17) is 5.73 Å². The molecule has 1 fully saturated rings. The van der Waals surface area contributed by atoms with Crippen LogP contribution in [0, 0.1) is 17.8 Å². The van der Waals surface area contributed by atoms with Crippen molar-refractivity contribution in [1.29, 1.82) is 0 Å². The molecule has 66 valence electrons. The smallest absolute Gasteiger partial charge is 0.00488 e. The van der Waals surface area contributed by atoms with Crippen molar-refractivity contribution in [3.8, 4) is 0 Å². The summed E-state index contributed by atoms with van der Waals surface area (Å²) in [5.41, 5.74) is 5.67. The molecule has 2 N–H and O–H groups in total. The van der Waals surface area contributed by atoms with E-state index in [-0.39, 0.29) is 0 Å². The third kappa shape index (κ3) is 2.19. The van der Waals surface area contributed by atoms with Gasteiger partial charge in [-0.3, -0.25) is 0 Å². The molecule has 0 radical (unpaired) electrons. The van der Waals surface area contributed by atoms with E-state index in [2.05, 4.69) is 13.8 Å². The van der Waals surface area contributed by atoms with Gasteiger partial charge in [-0.25, -0.2) is 0 Å². The van der Waals surface area contributed by atoms with Gasteiger partial charge in [0, 0.05) is 0 Å². The summed E-state index contributed by atoms with van der Waals surface area (Å²) in [5, 5.41) is 0. The first-order valence-corrected chi connectivity index (χ1v) is 4.98. The summed E-state index contributed by atoms with van der Waals surface area (Å²) in [6, 6.07) is 0. The number of hydrogen-bond donors (Lipinski definition) is 1. The fraction of sp³-hybridized carbons (Fsp3) is 1.00. The van der Waals surface area contributed by atoms with Crippen LogP contribution in [0.15, 0.2) is 0 Å². The highest BCUT2D eigenvalue weighted by Gasteiger charge is 2.25. The van der Waals surface area contributed by atoms with Crippen molar-refractivity contribution in [3.05, 3.63) is 0 Å². The van der Waals surface area contributed by atoms with E-state index in [0.29, 0.717) is 0 Å². The first-order chi connectivity index (χ1) is 5.27. The molecule has 1 heteroatoms. The lowest BCUT2D eigenvalue weighted by molar-refractivity contribution is 0.192. The highest BCUT2D eigenvalue weighted by Crippen LogP contribution is 2.34. The maximum atomic E-state index is 5.67. The zero-order valence-electron chi connectivity index (χ0n) is 7.84. The molecule has 0 aromatic rings. The quantitative estimate of drug-likeness (QED) is 0.651. The molecule has 0 spiro atoms. The third-order valence-corrected chi connectivity index (χ3v) is 3.33. The summed E-state index contributed by atoms with van der Waals surface area (Å²) in [6.07, 6.45) is 5.50. The first-order valence-electron chi connectivity index (χ1n) is 4.98. The summed E-state index contributed by atoms with van der Waals surface area (Å²) in [4.78, 5) is 0. The van der Waals surface area contributed by atoms with Gasteiger partial charge < -0.3 is 5.73 Å². The predicted molar refractivity (Wildman–Crippen MR) is 49.3 cm³/mol. The van der Waals surface area contributed by atoms with Crippen molar-refractivity contribution in [2.75, 3.05) is 6.54 Å². The van der Waals surface area contributed by atoms with Gasteiger partial charge in [0.15, 0.2) is 0 Å². The van der Waals surface area contributed by atoms with Gasteiger partial charge in [-0.05, 0) is 37.1 Å². The van der Waals surface area contributed by atoms with Crippen LogP contribution in [0.3, 0.4) is 0 Å². The molecular weight excluding hydrogens is 134 g/mol. The van der Waals surface area contributed by atoms with Gasteiger partial charge in [0.05, 0.1) is 0 Å². The second kappa shape index (κ2) is 4.10. The van der Waals surface area contributed by atoms with E-state index in [0.717, 1.165) is 24.3 Å². The summed E-state index contributed by atoms with van der Waals surface area (Å²) < 4.78 is 0. The van der Waals surface area contributed by atoms with Crippen LogP contribution in [0.2, 0.25) is 0 Å². The predicted octanol–water partition coefficient (Wildman–Crippen LogP) is 2.41. The second-order valence-corrected chi connectivity index (χ2v) is 4.06. The molecule has 1 rings (SSSR count). The maximum Gasteiger partial charge on any atom is -0.00488 e. The van der Waals surface area contributed by atoms with Crippen molar-refractivity contribution in [1.82, 2.24) is 0 Å². The highest BCUT2D eigenvalue weighted by atomic mass is 14.6. The molecule has 1 saturated carbocycles. The average Bonchev–Trinajstić information content (AvgIpc) is 2.05. The molecule has 0 bridgehead atoms. The highest BCUT2D eigenvalue weighted by molar-refractivity contribution is 4.77. The minimum absolute atomic E-state index is 0.830. The molecule has 0 aromatic heterocycles. The molecule has 1 nitrogen and oxygen atoms in total. The van der Waals surface area contributed by atoms with Crippen LogP contribution in [0.25, 0.3) is 0 Å². The van der Waals surface area contributed by atoms with E-state index in [1.165, 1.54) is 25.7 Å². The second-order valence-electron chi connectivity index (χ2n) is 4.06. The molecule has 0 aromatic carbocycles. The van der Waals surface area contributed by atoms with E-state index >= 15 is 0 Å². The lowest BCUT2D eigenvalue weighted by Gasteiger charge is -2.33. The standard InChI is InChI=1S/C10H21N/c1-3-10-6-9(7-11)5-4-8(10)2/h8-10H,3-7,11H2,1-2H3. The minimum atomic E-state index is 0.830. The normalized spacial score (nSPS) is 39.0. The molecule has 3 unspecified atom stereocenters. The van der Waals surface area contributed by atoms with E-state index in [1.807, 2.05) is 0 Å². The summed E-state index contributed by atoms with van der Waals surface area (Å²) in [6.45, 7) is 5.60. The summed E-state index contributed by atoms with van der Waals surface area (Å²) in [5.74, 6) is 2.73. The monoisotopic (exact) mass is 155 g/mol. The third-order valence-electron chi connectivity index (χ3n) is 3.33. The lowest BCUT2D eigenvalue weighted by atomic mass is 9.74. The zero-order chi connectivity index (χ0) is 8.27. The maximum absolute atomic E-state index is 5.67. The van der Waals surface area contributed by atoms with E-state index in [9.17, 15) is 0 Å². The Morgan fingerprint density at radius 2 is 2.09 bits per heavy atom. The molecule has 0 aliphatic heterocycles. The molecule has 0 amide bonds. The molecule has 1 aliphatic rings. The summed E-state index contributed by atoms with van der Waals surface area (Å²) >= 11 is 0. The molecule has 1 aliphatic carbocycles. The number of nitrogens with two attached hydrogens (primary N) is 1. The van der Waals surface area contributed by atoms with Gasteiger partial charge >= 0.3 is 0 Å². The topological polar surface area (TPSA) is 26.0 Å². The SMILES string of the molecule is CCC1CC(CN)CCC1C. The van der Waals surface area contributed by atoms with Gasteiger partial charge in [-0.1, -0.05) is 26.7 Å². The Hall–Kier alpha value is -0.0400. The Kier molecular flexibility index (Phi) is 3.38. The van der Waals surface area contributed by atoms with Gasteiger partial charge in [-0.2, -0.15) is 0 Å². The fourth-order valence-electron chi connectivity index (χ4n) is 2.30. The largest absolute Gasteiger partial charge is 0.330 e. The van der Waals surface area contributed by atoms with Crippen molar-refractivity contribution in [3.63, 3.8) is 0 Å². The molecule has 11 heavy (non-hydrogen) atoms. The van der Waals surface area contributed by atoms with Gasteiger partial charge in [-0.15, -0.1) is 0 Å². The van der Waals surface area contributed by atoms with Gasteiger partial charge in [0.2, 0.25) is 0 Å². The van der Waals surface area contributed by atoms with Crippen LogP contribution >= 0.6 is 0 Å². The van der Waals surface area contributed by atoms with E-state index < -0.39 is 0 Å². The molecule has 0 saturated heterocycles. The molecule has 0 heterocycles. The van der Waals surface area contributed by atoms with Crippen molar-refractivity contribution < 1.29 is 0 Å². The van der Waals surface area contributed by atoms with Crippen molar-refractivity contribution in [2.24, 2.45) is 23.5 Å². The molecular formula is C10H21N. The van der Waals surface area contributed by atoms with Gasteiger partial charge in [0.1, 0.15) is 0 Å². The van der Waals surface area contributed by atoms with Crippen LogP contribution in [0.1, 0.15) is 39.5 Å². The molecule has 3 atom stereocenters. The van der Waals surface area contributed by atoms with Crippen LogP contribution in [-0.4, -0.2) is 6.54 Å². The number of rotatable bonds is 2. The Bertz CT molecular complexity index is 111. The van der Waals surface area contributed by atoms with Crippen LogP contribution in [0.4, 0.5) is 0 Å². The number of hydrogen-bond acceptors (Lipinski definition) is 1.